The van der Waals surface area contributed by atoms with Crippen molar-refractivity contribution in [1.82, 2.24) is 10.2 Å². The molecule has 2 amide bonds. The Balaban J connectivity index is 1.80. The molecule has 1 saturated heterocycles. The summed E-state index contributed by atoms with van der Waals surface area (Å²) < 4.78 is 40.2. The molecule has 2 fully saturated rings. The van der Waals surface area contributed by atoms with Gasteiger partial charge in [0.1, 0.15) is 0 Å². The third kappa shape index (κ3) is 2.80. The monoisotopic (exact) mass is 389 g/mol. The maximum Gasteiger partial charge on any atom is 0.417 e. The number of hydrogen-bond donors (Lipinski definition) is 1. The Morgan fingerprint density at radius 1 is 1.21 bits per heavy atom. The van der Waals surface area contributed by atoms with Crippen LogP contribution in [-0.4, -0.2) is 28.3 Å². The molecule has 28 heavy (non-hydrogen) atoms. The number of carbonyl (C=O) groups is 1. The largest absolute Gasteiger partial charge is 0.417 e. The fourth-order valence-corrected chi connectivity index (χ4v) is 4.28. The molecular formula is C19H18F3N5O. The number of amides is 2. The number of carbonyl (C=O) groups excluding carboxylic acids is 1. The number of benzene rings is 1. The van der Waals surface area contributed by atoms with E-state index in [-0.39, 0.29) is 23.8 Å². The Labute approximate surface area is 159 Å². The molecule has 1 aliphatic carbocycles. The highest BCUT2D eigenvalue weighted by atomic mass is 19.4. The van der Waals surface area contributed by atoms with Crippen molar-refractivity contribution in [2.24, 2.45) is 0 Å². The second kappa shape index (κ2) is 6.55. The standard InChI is InChI=1S/C19H18F3N5O/c1-11-17(10-24-25-11)27-16-5-3-2-4-15(16)26(18(27)28)13-7-6-12(9-23)14(8-13)19(20,21)22/h6-8,10,15-16H,2-5H2,1H3,(H,24,25). The molecule has 9 heteroatoms. The molecule has 2 atom stereocenters. The lowest BCUT2D eigenvalue weighted by atomic mass is 9.89. The van der Waals surface area contributed by atoms with E-state index < -0.39 is 17.3 Å². The second-order valence-corrected chi connectivity index (χ2v) is 7.16. The third-order valence-corrected chi connectivity index (χ3v) is 5.54. The summed E-state index contributed by atoms with van der Waals surface area (Å²) >= 11 is 0. The molecule has 1 saturated carbocycles. The third-order valence-electron chi connectivity index (χ3n) is 5.54. The van der Waals surface area contributed by atoms with Crippen molar-refractivity contribution < 1.29 is 18.0 Å². The molecule has 4 rings (SSSR count). The lowest BCUT2D eigenvalue weighted by Crippen LogP contribution is -2.40. The summed E-state index contributed by atoms with van der Waals surface area (Å²) in [6, 6.07) is 4.34. The van der Waals surface area contributed by atoms with Gasteiger partial charge in [-0.25, -0.2) is 4.79 Å². The van der Waals surface area contributed by atoms with Gasteiger partial charge >= 0.3 is 12.2 Å². The summed E-state index contributed by atoms with van der Waals surface area (Å²) in [5, 5.41) is 15.8. The number of nitrogens with zero attached hydrogens (tertiary/aromatic N) is 4. The number of nitrogens with one attached hydrogen (secondary N) is 1. The van der Waals surface area contributed by atoms with Gasteiger partial charge in [-0.2, -0.15) is 23.5 Å². The van der Waals surface area contributed by atoms with Gasteiger partial charge < -0.3 is 0 Å². The smallest absolute Gasteiger partial charge is 0.289 e. The molecule has 6 nitrogen and oxygen atoms in total. The topological polar surface area (TPSA) is 76.0 Å². The molecule has 2 unspecified atom stereocenters. The van der Waals surface area contributed by atoms with Crippen LogP contribution < -0.4 is 9.80 Å². The van der Waals surface area contributed by atoms with Crippen LogP contribution in [0, 0.1) is 18.3 Å². The van der Waals surface area contributed by atoms with E-state index in [1.165, 1.54) is 11.0 Å². The number of rotatable bonds is 2. The molecular weight excluding hydrogens is 371 g/mol. The summed E-state index contributed by atoms with van der Waals surface area (Å²) in [6.45, 7) is 1.81. The number of urea groups is 1. The number of aromatic nitrogens is 2. The van der Waals surface area contributed by atoms with Gasteiger partial charge in [-0.05, 0) is 38.0 Å². The highest BCUT2D eigenvalue weighted by Gasteiger charge is 2.49. The van der Waals surface area contributed by atoms with Crippen molar-refractivity contribution >= 4 is 17.4 Å². The Bertz CT molecular complexity index is 961. The SMILES string of the molecule is Cc1[nH]ncc1N1C(=O)N(c2ccc(C#N)c(C(F)(F)F)c2)C2CCCCC21. The molecule has 1 aliphatic heterocycles. The predicted molar refractivity (Wildman–Crippen MR) is 95.9 cm³/mol. The molecule has 1 aromatic heterocycles. The van der Waals surface area contributed by atoms with E-state index in [2.05, 4.69) is 10.2 Å². The van der Waals surface area contributed by atoms with Gasteiger partial charge in [-0.1, -0.05) is 12.8 Å². The van der Waals surface area contributed by atoms with Gasteiger partial charge in [-0.15, -0.1) is 0 Å². The molecule has 2 heterocycles. The van der Waals surface area contributed by atoms with Gasteiger partial charge in [0.2, 0.25) is 0 Å². The molecule has 0 bridgehead atoms. The summed E-state index contributed by atoms with van der Waals surface area (Å²) in [6.07, 6.45) is 0.256. The minimum absolute atomic E-state index is 0.123. The zero-order valence-corrected chi connectivity index (χ0v) is 15.1. The van der Waals surface area contributed by atoms with Crippen molar-refractivity contribution in [3.8, 4) is 6.07 Å². The number of H-pyrrole nitrogens is 1. The van der Waals surface area contributed by atoms with Crippen LogP contribution in [0.4, 0.5) is 29.3 Å². The van der Waals surface area contributed by atoms with Crippen LogP contribution in [0.1, 0.15) is 42.5 Å². The van der Waals surface area contributed by atoms with E-state index in [0.29, 0.717) is 12.1 Å². The van der Waals surface area contributed by atoms with Gasteiger partial charge in [0.05, 0.1) is 46.9 Å². The first kappa shape index (κ1) is 18.3. The molecule has 146 valence electrons. The number of alkyl halides is 3. The Morgan fingerprint density at radius 3 is 2.46 bits per heavy atom. The fraction of sp³-hybridized carbons (Fsp3) is 0.421. The Morgan fingerprint density at radius 2 is 1.89 bits per heavy atom. The molecule has 0 spiro atoms. The number of hydrogen-bond acceptors (Lipinski definition) is 3. The highest BCUT2D eigenvalue weighted by molar-refractivity contribution is 6.08. The van der Waals surface area contributed by atoms with Crippen molar-refractivity contribution in [1.29, 1.82) is 5.26 Å². The van der Waals surface area contributed by atoms with Crippen molar-refractivity contribution in [3.05, 3.63) is 41.2 Å². The van der Waals surface area contributed by atoms with Gasteiger partial charge in [0.25, 0.3) is 0 Å². The van der Waals surface area contributed by atoms with Crippen LogP contribution >= 0.6 is 0 Å². The number of nitriles is 1. The van der Waals surface area contributed by atoms with Crippen LogP contribution in [-0.2, 0) is 6.18 Å². The van der Waals surface area contributed by atoms with E-state index in [1.807, 2.05) is 0 Å². The summed E-state index contributed by atoms with van der Waals surface area (Å²) in [7, 11) is 0. The lowest BCUT2D eigenvalue weighted by molar-refractivity contribution is -0.137. The van der Waals surface area contributed by atoms with Gasteiger partial charge in [-0.3, -0.25) is 14.9 Å². The van der Waals surface area contributed by atoms with Crippen LogP contribution in [0.5, 0.6) is 0 Å². The quantitative estimate of drug-likeness (QED) is 0.829. The van der Waals surface area contributed by atoms with E-state index in [1.54, 1.807) is 24.1 Å². The minimum atomic E-state index is -4.67. The lowest BCUT2D eigenvalue weighted by Gasteiger charge is -2.31. The van der Waals surface area contributed by atoms with E-state index in [9.17, 15) is 18.0 Å². The predicted octanol–water partition coefficient (Wildman–Crippen LogP) is 4.37. The Hall–Kier alpha value is -3.02. The maximum absolute atomic E-state index is 13.4. The van der Waals surface area contributed by atoms with Crippen LogP contribution in [0.3, 0.4) is 0 Å². The average molecular weight is 389 g/mol. The number of anilines is 2. The van der Waals surface area contributed by atoms with Gasteiger partial charge in [0.15, 0.2) is 0 Å². The molecule has 2 aliphatic rings. The summed E-state index contributed by atoms with van der Waals surface area (Å²) in [4.78, 5) is 16.4. The summed E-state index contributed by atoms with van der Waals surface area (Å²) in [5.41, 5.74) is 0.0671. The van der Waals surface area contributed by atoms with Crippen LogP contribution in [0.15, 0.2) is 24.4 Å². The van der Waals surface area contributed by atoms with Crippen LogP contribution in [0.2, 0.25) is 0 Å². The molecule has 1 N–H and O–H groups in total. The number of fused-ring (bicyclic) bond motifs is 1. The first-order chi connectivity index (χ1) is 13.3. The highest BCUT2D eigenvalue weighted by Crippen LogP contribution is 2.42. The first-order valence-electron chi connectivity index (χ1n) is 9.06. The minimum Gasteiger partial charge on any atom is -0.289 e. The average Bonchev–Trinajstić information content (AvgIpc) is 3.20. The van der Waals surface area contributed by atoms with Gasteiger partial charge in [0, 0.05) is 5.69 Å². The number of halogens is 3. The fourth-order valence-electron chi connectivity index (χ4n) is 4.28. The van der Waals surface area contributed by atoms with Crippen LogP contribution in [0.25, 0.3) is 0 Å². The normalized spacial score (nSPS) is 22.3. The van der Waals surface area contributed by atoms with E-state index in [4.69, 9.17) is 5.26 Å². The zero-order chi connectivity index (χ0) is 20.1. The van der Waals surface area contributed by atoms with E-state index >= 15 is 0 Å². The summed E-state index contributed by atoms with van der Waals surface area (Å²) in [5.74, 6) is 0. The molecule has 1 aromatic carbocycles. The Kier molecular flexibility index (Phi) is 4.29. The van der Waals surface area contributed by atoms with E-state index in [0.717, 1.165) is 37.1 Å². The van der Waals surface area contributed by atoms with Crippen molar-refractivity contribution in [3.63, 3.8) is 0 Å². The molecule has 2 aromatic rings. The number of aromatic amines is 1. The zero-order valence-electron chi connectivity index (χ0n) is 15.1. The van der Waals surface area contributed by atoms with Crippen molar-refractivity contribution in [2.45, 2.75) is 50.9 Å². The van der Waals surface area contributed by atoms with Crippen molar-refractivity contribution in [2.75, 3.05) is 9.80 Å². The molecule has 0 radical (unpaired) electrons. The second-order valence-electron chi connectivity index (χ2n) is 7.16. The maximum atomic E-state index is 13.4. The number of aryl methyl sites for hydroxylation is 1. The first-order valence-corrected chi connectivity index (χ1v) is 9.06.